The highest BCUT2D eigenvalue weighted by Crippen LogP contribution is 2.35. The van der Waals surface area contributed by atoms with E-state index in [2.05, 4.69) is 25.1 Å². The van der Waals surface area contributed by atoms with E-state index in [1.165, 1.54) is 7.11 Å². The molecular weight excluding hydrogens is 308 g/mol. The van der Waals surface area contributed by atoms with Crippen molar-refractivity contribution < 1.29 is 9.53 Å². The van der Waals surface area contributed by atoms with Gasteiger partial charge >= 0.3 is 0 Å². The molecule has 2 aromatic rings. The van der Waals surface area contributed by atoms with Gasteiger partial charge in [0.15, 0.2) is 5.69 Å². The maximum Gasteiger partial charge on any atom is 0.275 e. The van der Waals surface area contributed by atoms with Gasteiger partial charge in [-0.15, -0.1) is 10.2 Å². The first kappa shape index (κ1) is 14.8. The van der Waals surface area contributed by atoms with Gasteiger partial charge in [-0.3, -0.25) is 4.79 Å². The number of aromatic nitrogens is 4. The van der Waals surface area contributed by atoms with Crippen LogP contribution in [0.25, 0.3) is 0 Å². The number of hydrogen-bond acceptors (Lipinski definition) is 7. The molecule has 0 N–H and O–H groups in total. The molecule has 3 saturated heterocycles. The fraction of sp³-hybridized carbons (Fsp3) is 0.438. The van der Waals surface area contributed by atoms with Crippen LogP contribution in [0.3, 0.4) is 0 Å². The van der Waals surface area contributed by atoms with Crippen molar-refractivity contribution in [3.8, 4) is 5.88 Å². The van der Waals surface area contributed by atoms with Gasteiger partial charge in [-0.1, -0.05) is 0 Å². The maximum absolute atomic E-state index is 12.7. The molecule has 3 aliphatic rings. The van der Waals surface area contributed by atoms with E-state index < -0.39 is 0 Å². The largest absolute Gasteiger partial charge is 0.480 e. The summed E-state index contributed by atoms with van der Waals surface area (Å²) in [5.74, 6) is 1.26. The number of fused-ring (bicyclic) bond motifs is 2. The van der Waals surface area contributed by atoms with Crippen LogP contribution in [0.5, 0.6) is 5.88 Å². The number of piperidine rings is 1. The van der Waals surface area contributed by atoms with Crippen molar-refractivity contribution in [2.45, 2.75) is 25.4 Å². The summed E-state index contributed by atoms with van der Waals surface area (Å²) in [6, 6.07) is 5.68. The van der Waals surface area contributed by atoms with Crippen LogP contribution >= 0.6 is 0 Å². The Morgan fingerprint density at radius 1 is 1.21 bits per heavy atom. The first-order chi connectivity index (χ1) is 11.7. The second kappa shape index (κ2) is 5.70. The lowest BCUT2D eigenvalue weighted by Gasteiger charge is -2.56. The molecule has 5 heterocycles. The summed E-state index contributed by atoms with van der Waals surface area (Å²) in [5, 5.41) is 7.85. The predicted molar refractivity (Wildman–Crippen MR) is 85.9 cm³/mol. The van der Waals surface area contributed by atoms with Gasteiger partial charge in [0.1, 0.15) is 12.1 Å². The van der Waals surface area contributed by atoms with Gasteiger partial charge in [0.05, 0.1) is 19.2 Å². The van der Waals surface area contributed by atoms with Gasteiger partial charge in [0.25, 0.3) is 5.91 Å². The standard InChI is InChI=1S/C16H18N6O2/c1-10-5-14(18-9-17-10)21-7-11-6-12(8-21)22(11)16(23)13-3-4-15(24-2)20-19-13/h3-5,9,11-12H,6-8H2,1-2H3. The zero-order valence-electron chi connectivity index (χ0n) is 13.6. The summed E-state index contributed by atoms with van der Waals surface area (Å²) in [5.41, 5.74) is 1.30. The number of nitrogens with zero attached hydrogens (tertiary/aromatic N) is 6. The lowest BCUT2D eigenvalue weighted by Crippen LogP contribution is -2.70. The Kier molecular flexibility index (Phi) is 3.51. The van der Waals surface area contributed by atoms with Gasteiger partial charge < -0.3 is 14.5 Å². The summed E-state index contributed by atoms with van der Waals surface area (Å²) < 4.78 is 4.98. The number of rotatable bonds is 3. The van der Waals surface area contributed by atoms with Gasteiger partial charge in [-0.2, -0.15) is 0 Å². The van der Waals surface area contributed by atoms with E-state index in [4.69, 9.17) is 4.74 Å². The molecule has 124 valence electrons. The van der Waals surface area contributed by atoms with Crippen molar-refractivity contribution >= 4 is 11.7 Å². The molecular formula is C16H18N6O2. The molecule has 2 aromatic heterocycles. The normalized spacial score (nSPS) is 22.1. The SMILES string of the molecule is COc1ccc(C(=O)N2C3CC2CN(c2cc(C)ncn2)C3)nn1. The van der Waals surface area contributed by atoms with E-state index in [0.29, 0.717) is 11.6 Å². The summed E-state index contributed by atoms with van der Waals surface area (Å²) in [6.45, 7) is 3.51. The molecule has 8 nitrogen and oxygen atoms in total. The Labute approximate surface area is 139 Å². The summed E-state index contributed by atoms with van der Waals surface area (Å²) in [4.78, 5) is 25.3. The number of ether oxygens (including phenoxy) is 1. The van der Waals surface area contributed by atoms with Gasteiger partial charge in [0, 0.05) is 30.9 Å². The zero-order valence-corrected chi connectivity index (χ0v) is 13.6. The highest BCUT2D eigenvalue weighted by Gasteiger charge is 2.48. The Morgan fingerprint density at radius 2 is 2.00 bits per heavy atom. The Morgan fingerprint density at radius 3 is 2.62 bits per heavy atom. The van der Waals surface area contributed by atoms with Crippen molar-refractivity contribution in [2.24, 2.45) is 0 Å². The molecule has 0 radical (unpaired) electrons. The zero-order chi connectivity index (χ0) is 16.7. The summed E-state index contributed by atoms with van der Waals surface area (Å²) in [6.07, 6.45) is 2.61. The van der Waals surface area contributed by atoms with Crippen LogP contribution in [0.2, 0.25) is 0 Å². The molecule has 3 aliphatic heterocycles. The average Bonchev–Trinajstić information content (AvgIpc) is 2.62. The summed E-state index contributed by atoms with van der Waals surface area (Å²) in [7, 11) is 1.52. The van der Waals surface area contributed by atoms with Crippen LogP contribution in [0, 0.1) is 6.92 Å². The minimum atomic E-state index is -0.0649. The third-order valence-electron chi connectivity index (χ3n) is 4.61. The first-order valence-electron chi connectivity index (χ1n) is 7.89. The molecule has 0 spiro atoms. The third kappa shape index (κ3) is 2.44. The van der Waals surface area contributed by atoms with Crippen LogP contribution in [0.1, 0.15) is 22.6 Å². The van der Waals surface area contributed by atoms with Crippen molar-refractivity contribution in [1.29, 1.82) is 0 Å². The predicted octanol–water partition coefficient (Wildman–Crippen LogP) is 0.687. The van der Waals surface area contributed by atoms with Crippen LogP contribution in [-0.2, 0) is 0 Å². The van der Waals surface area contributed by atoms with Gasteiger partial charge in [-0.25, -0.2) is 9.97 Å². The molecule has 0 aliphatic carbocycles. The lowest BCUT2D eigenvalue weighted by atomic mass is 9.87. The third-order valence-corrected chi connectivity index (χ3v) is 4.61. The van der Waals surface area contributed by atoms with Crippen molar-refractivity contribution in [1.82, 2.24) is 25.1 Å². The van der Waals surface area contributed by atoms with Gasteiger partial charge in [-0.05, 0) is 19.4 Å². The van der Waals surface area contributed by atoms with Crippen LogP contribution in [-0.4, -0.2) is 63.3 Å². The number of amides is 1. The van der Waals surface area contributed by atoms with Crippen molar-refractivity contribution in [3.05, 3.63) is 35.9 Å². The van der Waals surface area contributed by atoms with E-state index in [0.717, 1.165) is 31.0 Å². The Bertz CT molecular complexity index is 753. The smallest absolute Gasteiger partial charge is 0.275 e. The first-order valence-corrected chi connectivity index (χ1v) is 7.89. The van der Waals surface area contributed by atoms with Crippen molar-refractivity contribution in [2.75, 3.05) is 25.1 Å². The number of hydrogen-bond donors (Lipinski definition) is 0. The van der Waals surface area contributed by atoms with Crippen LogP contribution in [0.4, 0.5) is 5.82 Å². The van der Waals surface area contributed by atoms with E-state index in [1.807, 2.05) is 17.9 Å². The molecule has 8 heteroatoms. The fourth-order valence-corrected chi connectivity index (χ4v) is 3.42. The molecule has 5 rings (SSSR count). The molecule has 0 aromatic carbocycles. The molecule has 0 saturated carbocycles. The molecule has 24 heavy (non-hydrogen) atoms. The number of anilines is 1. The molecule has 1 amide bonds. The second-order valence-electron chi connectivity index (χ2n) is 6.14. The number of piperazine rings is 1. The van der Waals surface area contributed by atoms with E-state index in [1.54, 1.807) is 18.5 Å². The summed E-state index contributed by atoms with van der Waals surface area (Å²) >= 11 is 0. The number of carbonyl (C=O) groups is 1. The minimum absolute atomic E-state index is 0.0649. The number of methoxy groups -OCH3 is 1. The lowest BCUT2D eigenvalue weighted by molar-refractivity contribution is 0.00512. The highest BCUT2D eigenvalue weighted by atomic mass is 16.5. The van der Waals surface area contributed by atoms with E-state index >= 15 is 0 Å². The second-order valence-corrected chi connectivity index (χ2v) is 6.14. The quantitative estimate of drug-likeness (QED) is 0.820. The topological polar surface area (TPSA) is 84.3 Å². The van der Waals surface area contributed by atoms with E-state index in [9.17, 15) is 4.79 Å². The average molecular weight is 326 g/mol. The highest BCUT2D eigenvalue weighted by molar-refractivity contribution is 5.93. The van der Waals surface area contributed by atoms with Crippen LogP contribution in [0.15, 0.2) is 24.5 Å². The van der Waals surface area contributed by atoms with Crippen LogP contribution < -0.4 is 9.64 Å². The van der Waals surface area contributed by atoms with Crippen molar-refractivity contribution in [3.63, 3.8) is 0 Å². The minimum Gasteiger partial charge on any atom is -0.480 e. The molecule has 2 bridgehead atoms. The Balaban J connectivity index is 1.47. The van der Waals surface area contributed by atoms with E-state index in [-0.39, 0.29) is 18.0 Å². The maximum atomic E-state index is 12.7. The number of aryl methyl sites for hydroxylation is 1. The number of carbonyl (C=O) groups excluding carboxylic acids is 1. The molecule has 2 unspecified atom stereocenters. The van der Waals surface area contributed by atoms with Gasteiger partial charge in [0.2, 0.25) is 5.88 Å². The molecule has 3 fully saturated rings. The Hall–Kier alpha value is -2.77. The monoisotopic (exact) mass is 326 g/mol. The molecule has 2 atom stereocenters. The fourth-order valence-electron chi connectivity index (χ4n) is 3.42.